The van der Waals surface area contributed by atoms with Gasteiger partial charge in [-0.1, -0.05) is 11.8 Å². The summed E-state index contributed by atoms with van der Waals surface area (Å²) >= 11 is 2.85. The number of hydrogen-bond acceptors (Lipinski definition) is 6. The molecular weight excluding hydrogens is 234 g/mol. The maximum Gasteiger partial charge on any atom is 0.343 e. The van der Waals surface area contributed by atoms with Crippen LogP contribution in [0.2, 0.25) is 0 Å². The molecule has 0 saturated heterocycles. The van der Waals surface area contributed by atoms with Gasteiger partial charge in [-0.2, -0.15) is 0 Å². The average Bonchev–Trinajstić information content (AvgIpc) is 2.74. The Morgan fingerprint density at radius 1 is 1.73 bits per heavy atom. The van der Waals surface area contributed by atoms with Crippen LogP contribution in [-0.2, 0) is 12.8 Å². The molecule has 0 atom stereocenters. The molecular formula is C7H9N5OS2. The lowest BCUT2D eigenvalue weighted by molar-refractivity contribution is 0.765. The number of rotatable bonds is 3. The number of anilines is 1. The molecule has 2 aromatic heterocycles. The fourth-order valence-corrected chi connectivity index (χ4v) is 2.47. The van der Waals surface area contributed by atoms with E-state index in [9.17, 15) is 4.79 Å². The Labute approximate surface area is 93.5 Å². The quantitative estimate of drug-likeness (QED) is 0.763. The highest BCUT2D eigenvalue weighted by Crippen LogP contribution is 2.21. The van der Waals surface area contributed by atoms with Crippen LogP contribution in [0, 0.1) is 0 Å². The molecule has 2 aromatic rings. The van der Waals surface area contributed by atoms with Crippen LogP contribution < -0.4 is 11.4 Å². The van der Waals surface area contributed by atoms with Gasteiger partial charge in [0.15, 0.2) is 10.3 Å². The SMILES string of the molecule is Cn1c(SCc2csc(N)n2)n[nH]c1=O. The summed E-state index contributed by atoms with van der Waals surface area (Å²) in [5.74, 6) is 0.659. The standard InChI is InChI=1S/C7H9N5OS2/c1-12-6(13)10-11-7(12)15-3-4-2-14-5(8)9-4/h2H,3H2,1H3,(H2,8,9)(H,10,13). The molecule has 2 heterocycles. The lowest BCUT2D eigenvalue weighted by Gasteiger charge is -1.96. The zero-order valence-corrected chi connectivity index (χ0v) is 9.56. The van der Waals surface area contributed by atoms with E-state index < -0.39 is 0 Å². The molecule has 0 aliphatic heterocycles. The van der Waals surface area contributed by atoms with E-state index in [4.69, 9.17) is 5.73 Å². The first-order valence-electron chi connectivity index (χ1n) is 4.11. The van der Waals surface area contributed by atoms with Crippen molar-refractivity contribution in [1.29, 1.82) is 0 Å². The molecule has 2 rings (SSSR count). The van der Waals surface area contributed by atoms with Gasteiger partial charge in [-0.3, -0.25) is 4.57 Å². The van der Waals surface area contributed by atoms with Gasteiger partial charge in [0.25, 0.3) is 0 Å². The van der Waals surface area contributed by atoms with E-state index in [1.807, 2.05) is 5.38 Å². The van der Waals surface area contributed by atoms with E-state index in [-0.39, 0.29) is 5.69 Å². The van der Waals surface area contributed by atoms with Crippen molar-refractivity contribution in [3.63, 3.8) is 0 Å². The molecule has 0 saturated carbocycles. The number of thioether (sulfide) groups is 1. The molecule has 0 amide bonds. The molecule has 0 fully saturated rings. The van der Waals surface area contributed by atoms with Gasteiger partial charge >= 0.3 is 5.69 Å². The number of nitrogens with two attached hydrogens (primary N) is 1. The summed E-state index contributed by atoms with van der Waals surface area (Å²) < 4.78 is 1.46. The molecule has 0 aromatic carbocycles. The molecule has 0 spiro atoms. The van der Waals surface area contributed by atoms with Crippen molar-refractivity contribution in [2.75, 3.05) is 5.73 Å². The Morgan fingerprint density at radius 3 is 3.07 bits per heavy atom. The highest BCUT2D eigenvalue weighted by atomic mass is 32.2. The summed E-state index contributed by atoms with van der Waals surface area (Å²) in [5.41, 5.74) is 6.19. The Balaban J connectivity index is 2.05. The van der Waals surface area contributed by atoms with Crippen molar-refractivity contribution in [1.82, 2.24) is 19.7 Å². The van der Waals surface area contributed by atoms with Gasteiger partial charge < -0.3 is 5.73 Å². The number of nitrogens with one attached hydrogen (secondary N) is 1. The van der Waals surface area contributed by atoms with Crippen molar-refractivity contribution in [3.05, 3.63) is 21.6 Å². The normalized spacial score (nSPS) is 10.7. The Kier molecular flexibility index (Phi) is 2.78. The molecule has 15 heavy (non-hydrogen) atoms. The van der Waals surface area contributed by atoms with E-state index >= 15 is 0 Å². The first-order valence-corrected chi connectivity index (χ1v) is 5.97. The van der Waals surface area contributed by atoms with E-state index in [0.717, 1.165) is 5.69 Å². The van der Waals surface area contributed by atoms with Gasteiger partial charge in [-0.15, -0.1) is 16.4 Å². The van der Waals surface area contributed by atoms with Crippen molar-refractivity contribution in [2.24, 2.45) is 7.05 Å². The monoisotopic (exact) mass is 243 g/mol. The molecule has 0 radical (unpaired) electrons. The lowest BCUT2D eigenvalue weighted by atomic mass is 10.6. The number of nitrogen functional groups attached to an aromatic ring is 1. The van der Waals surface area contributed by atoms with Crippen LogP contribution in [0.5, 0.6) is 0 Å². The van der Waals surface area contributed by atoms with Crippen molar-refractivity contribution in [2.45, 2.75) is 10.9 Å². The number of H-pyrrole nitrogens is 1. The zero-order valence-electron chi connectivity index (χ0n) is 7.93. The van der Waals surface area contributed by atoms with E-state index in [2.05, 4.69) is 15.2 Å². The van der Waals surface area contributed by atoms with Gasteiger partial charge in [0, 0.05) is 18.2 Å². The minimum atomic E-state index is -0.213. The fraction of sp³-hybridized carbons (Fsp3) is 0.286. The smallest absolute Gasteiger partial charge is 0.343 e. The second-order valence-electron chi connectivity index (χ2n) is 2.84. The molecule has 0 unspecified atom stereocenters. The predicted molar refractivity (Wildman–Crippen MR) is 59.9 cm³/mol. The van der Waals surface area contributed by atoms with Crippen LogP contribution in [-0.4, -0.2) is 19.7 Å². The maximum atomic E-state index is 11.1. The van der Waals surface area contributed by atoms with Crippen molar-refractivity contribution < 1.29 is 0 Å². The Bertz CT molecular complexity index is 513. The third-order valence-corrected chi connectivity index (χ3v) is 3.54. The second kappa shape index (κ2) is 4.07. The summed E-state index contributed by atoms with van der Waals surface area (Å²) in [7, 11) is 1.67. The number of thiazole rings is 1. The number of nitrogens with zero attached hydrogens (tertiary/aromatic N) is 3. The minimum absolute atomic E-state index is 0.213. The van der Waals surface area contributed by atoms with Gasteiger partial charge in [0.05, 0.1) is 5.69 Å². The summed E-state index contributed by atoms with van der Waals surface area (Å²) in [6, 6.07) is 0. The molecule has 0 aliphatic rings. The molecule has 80 valence electrons. The zero-order chi connectivity index (χ0) is 10.8. The molecule has 8 heteroatoms. The van der Waals surface area contributed by atoms with E-state index in [1.165, 1.54) is 27.7 Å². The van der Waals surface area contributed by atoms with Gasteiger partial charge in [0.1, 0.15) is 0 Å². The van der Waals surface area contributed by atoms with Crippen LogP contribution in [0.15, 0.2) is 15.3 Å². The van der Waals surface area contributed by atoms with Crippen LogP contribution in [0.4, 0.5) is 5.13 Å². The summed E-state index contributed by atoms with van der Waals surface area (Å²) in [6.45, 7) is 0. The summed E-state index contributed by atoms with van der Waals surface area (Å²) in [4.78, 5) is 15.2. The molecule has 3 N–H and O–H groups in total. The second-order valence-corrected chi connectivity index (χ2v) is 4.67. The summed E-state index contributed by atoms with van der Waals surface area (Å²) in [5, 5.41) is 9.34. The van der Waals surface area contributed by atoms with Gasteiger partial charge in [0.2, 0.25) is 0 Å². The van der Waals surface area contributed by atoms with E-state index in [0.29, 0.717) is 16.0 Å². The van der Waals surface area contributed by atoms with Crippen molar-refractivity contribution >= 4 is 28.2 Å². The van der Waals surface area contributed by atoms with Crippen molar-refractivity contribution in [3.8, 4) is 0 Å². The molecule has 6 nitrogen and oxygen atoms in total. The van der Waals surface area contributed by atoms with E-state index in [1.54, 1.807) is 7.05 Å². The molecule has 0 bridgehead atoms. The number of aromatic amines is 1. The largest absolute Gasteiger partial charge is 0.375 e. The van der Waals surface area contributed by atoms with Crippen LogP contribution >= 0.6 is 23.1 Å². The third kappa shape index (κ3) is 2.21. The fourth-order valence-electron chi connectivity index (χ4n) is 0.989. The lowest BCUT2D eigenvalue weighted by Crippen LogP contribution is -2.12. The predicted octanol–water partition coefficient (Wildman–Crippen LogP) is 0.439. The average molecular weight is 243 g/mol. The van der Waals surface area contributed by atoms with Crippen LogP contribution in [0.3, 0.4) is 0 Å². The maximum absolute atomic E-state index is 11.1. The first-order chi connectivity index (χ1) is 7.16. The highest BCUT2D eigenvalue weighted by Gasteiger charge is 2.06. The number of aromatic nitrogens is 4. The first kappa shape index (κ1) is 10.2. The molecule has 0 aliphatic carbocycles. The van der Waals surface area contributed by atoms with Gasteiger partial charge in [-0.25, -0.2) is 14.9 Å². The Hall–Kier alpha value is -1.28. The van der Waals surface area contributed by atoms with Crippen LogP contribution in [0.1, 0.15) is 5.69 Å². The number of hydrogen-bond donors (Lipinski definition) is 2. The van der Waals surface area contributed by atoms with Gasteiger partial charge in [-0.05, 0) is 0 Å². The van der Waals surface area contributed by atoms with Crippen LogP contribution in [0.25, 0.3) is 0 Å². The minimum Gasteiger partial charge on any atom is -0.375 e. The third-order valence-electron chi connectivity index (χ3n) is 1.76. The summed E-state index contributed by atoms with van der Waals surface area (Å²) in [6.07, 6.45) is 0. The topological polar surface area (TPSA) is 89.6 Å². The highest BCUT2D eigenvalue weighted by molar-refractivity contribution is 7.98. The Morgan fingerprint density at radius 2 is 2.53 bits per heavy atom.